The Labute approximate surface area is 111 Å². The summed E-state index contributed by atoms with van der Waals surface area (Å²) in [5.74, 6) is -0.202. The predicted molar refractivity (Wildman–Crippen MR) is 75.1 cm³/mol. The molecule has 0 radical (unpaired) electrons. The van der Waals surface area contributed by atoms with Gasteiger partial charge in [0.1, 0.15) is 0 Å². The number of nitriles is 1. The number of carbonyl (C=O) groups excluding carboxylic acids is 1. The molecule has 0 atom stereocenters. The minimum atomic E-state index is -0.202. The second-order valence-corrected chi connectivity index (χ2v) is 3.98. The highest BCUT2D eigenvalue weighted by Gasteiger charge is 2.06. The number of hydrogen-bond acceptors (Lipinski definition) is 3. The molecule has 2 aromatic carbocycles. The number of carbonyl (C=O) groups is 1. The molecule has 2 rings (SSSR count). The first-order valence-corrected chi connectivity index (χ1v) is 5.82. The SMILES string of the molecule is CNc1cccc(C(=O)Nc2cccc(C#N)c2)c1. The summed E-state index contributed by atoms with van der Waals surface area (Å²) in [6.07, 6.45) is 0. The quantitative estimate of drug-likeness (QED) is 0.881. The van der Waals surface area contributed by atoms with Gasteiger partial charge in [-0.05, 0) is 36.4 Å². The molecule has 0 aliphatic heterocycles. The van der Waals surface area contributed by atoms with Crippen LogP contribution in [0.5, 0.6) is 0 Å². The van der Waals surface area contributed by atoms with Crippen molar-refractivity contribution in [2.45, 2.75) is 0 Å². The Kier molecular flexibility index (Phi) is 3.79. The molecular weight excluding hydrogens is 238 g/mol. The van der Waals surface area contributed by atoms with Crippen LogP contribution in [0.25, 0.3) is 0 Å². The molecule has 0 fully saturated rings. The molecule has 1 amide bonds. The summed E-state index contributed by atoms with van der Waals surface area (Å²) in [5.41, 5.74) is 2.56. The van der Waals surface area contributed by atoms with E-state index in [0.717, 1.165) is 5.69 Å². The number of amides is 1. The van der Waals surface area contributed by atoms with Gasteiger partial charge in [-0.25, -0.2) is 0 Å². The van der Waals surface area contributed by atoms with E-state index in [4.69, 9.17) is 5.26 Å². The van der Waals surface area contributed by atoms with Crippen molar-refractivity contribution in [1.29, 1.82) is 5.26 Å². The fourth-order valence-corrected chi connectivity index (χ4v) is 1.69. The van der Waals surface area contributed by atoms with Gasteiger partial charge in [-0.2, -0.15) is 5.26 Å². The van der Waals surface area contributed by atoms with Crippen molar-refractivity contribution < 1.29 is 4.79 Å². The Morgan fingerprint density at radius 1 is 1.11 bits per heavy atom. The van der Waals surface area contributed by atoms with E-state index in [1.807, 2.05) is 18.2 Å². The van der Waals surface area contributed by atoms with E-state index < -0.39 is 0 Å². The van der Waals surface area contributed by atoms with Crippen LogP contribution in [0.1, 0.15) is 15.9 Å². The Morgan fingerprint density at radius 3 is 2.58 bits per heavy atom. The highest BCUT2D eigenvalue weighted by atomic mass is 16.1. The highest BCUT2D eigenvalue weighted by molar-refractivity contribution is 6.04. The topological polar surface area (TPSA) is 64.9 Å². The van der Waals surface area contributed by atoms with E-state index in [-0.39, 0.29) is 5.91 Å². The third-order valence-corrected chi connectivity index (χ3v) is 2.66. The lowest BCUT2D eigenvalue weighted by molar-refractivity contribution is 0.102. The second-order valence-electron chi connectivity index (χ2n) is 3.98. The Morgan fingerprint density at radius 2 is 1.84 bits per heavy atom. The summed E-state index contributed by atoms with van der Waals surface area (Å²) in [6.45, 7) is 0. The fourth-order valence-electron chi connectivity index (χ4n) is 1.69. The highest BCUT2D eigenvalue weighted by Crippen LogP contribution is 2.14. The number of hydrogen-bond donors (Lipinski definition) is 2. The third-order valence-electron chi connectivity index (χ3n) is 2.66. The molecule has 0 bridgehead atoms. The van der Waals surface area contributed by atoms with Crippen LogP contribution in [-0.4, -0.2) is 13.0 Å². The first kappa shape index (κ1) is 12.7. The van der Waals surface area contributed by atoms with Gasteiger partial charge in [0, 0.05) is 24.0 Å². The molecule has 4 nitrogen and oxygen atoms in total. The van der Waals surface area contributed by atoms with Gasteiger partial charge in [0.05, 0.1) is 11.6 Å². The van der Waals surface area contributed by atoms with E-state index in [0.29, 0.717) is 16.8 Å². The molecule has 0 aromatic heterocycles. The Hall–Kier alpha value is -2.80. The van der Waals surface area contributed by atoms with Crippen LogP contribution < -0.4 is 10.6 Å². The zero-order valence-electron chi connectivity index (χ0n) is 10.5. The number of nitrogens with one attached hydrogen (secondary N) is 2. The van der Waals surface area contributed by atoms with Crippen molar-refractivity contribution in [2.24, 2.45) is 0 Å². The van der Waals surface area contributed by atoms with E-state index in [9.17, 15) is 4.79 Å². The largest absolute Gasteiger partial charge is 0.388 e. The summed E-state index contributed by atoms with van der Waals surface area (Å²) >= 11 is 0. The van der Waals surface area contributed by atoms with Crippen LogP contribution >= 0.6 is 0 Å². The standard InChI is InChI=1S/C15H13N3O/c1-17-13-6-3-5-12(9-13)15(19)18-14-7-2-4-11(8-14)10-16/h2-9,17H,1H3,(H,18,19). The number of benzene rings is 2. The van der Waals surface area contributed by atoms with Crippen LogP contribution in [0.15, 0.2) is 48.5 Å². The fraction of sp³-hybridized carbons (Fsp3) is 0.0667. The van der Waals surface area contributed by atoms with Gasteiger partial charge in [-0.1, -0.05) is 12.1 Å². The molecule has 4 heteroatoms. The molecule has 0 unspecified atom stereocenters. The van der Waals surface area contributed by atoms with E-state index in [1.165, 1.54) is 0 Å². The molecule has 0 aliphatic carbocycles. The monoisotopic (exact) mass is 251 g/mol. The van der Waals surface area contributed by atoms with E-state index in [2.05, 4.69) is 10.6 Å². The average Bonchev–Trinajstić information content (AvgIpc) is 2.47. The first-order chi connectivity index (χ1) is 9.22. The van der Waals surface area contributed by atoms with Crippen molar-refractivity contribution in [1.82, 2.24) is 0 Å². The van der Waals surface area contributed by atoms with Crippen LogP contribution in [0.2, 0.25) is 0 Å². The number of anilines is 2. The van der Waals surface area contributed by atoms with Crippen molar-refractivity contribution >= 4 is 17.3 Å². The Balaban J connectivity index is 2.18. The van der Waals surface area contributed by atoms with Gasteiger partial charge in [0.15, 0.2) is 0 Å². The maximum Gasteiger partial charge on any atom is 0.255 e. The van der Waals surface area contributed by atoms with E-state index >= 15 is 0 Å². The molecule has 0 aliphatic rings. The molecule has 0 heterocycles. The van der Waals surface area contributed by atoms with Gasteiger partial charge in [0.2, 0.25) is 0 Å². The van der Waals surface area contributed by atoms with Gasteiger partial charge < -0.3 is 10.6 Å². The maximum absolute atomic E-state index is 12.1. The van der Waals surface area contributed by atoms with Crippen molar-refractivity contribution in [3.63, 3.8) is 0 Å². The summed E-state index contributed by atoms with van der Waals surface area (Å²) < 4.78 is 0. The zero-order chi connectivity index (χ0) is 13.7. The normalized spacial score (nSPS) is 9.47. The van der Waals surface area contributed by atoms with Gasteiger partial charge >= 0.3 is 0 Å². The lowest BCUT2D eigenvalue weighted by Gasteiger charge is -2.07. The predicted octanol–water partition coefficient (Wildman–Crippen LogP) is 2.85. The van der Waals surface area contributed by atoms with Crippen LogP contribution in [0.3, 0.4) is 0 Å². The lowest BCUT2D eigenvalue weighted by Crippen LogP contribution is -2.12. The molecule has 0 spiro atoms. The van der Waals surface area contributed by atoms with Crippen LogP contribution in [0, 0.1) is 11.3 Å². The number of rotatable bonds is 3. The lowest BCUT2D eigenvalue weighted by atomic mass is 10.1. The molecule has 2 aromatic rings. The summed E-state index contributed by atoms with van der Waals surface area (Å²) in [7, 11) is 1.80. The molecule has 0 saturated heterocycles. The van der Waals surface area contributed by atoms with Crippen LogP contribution in [0.4, 0.5) is 11.4 Å². The van der Waals surface area contributed by atoms with Gasteiger partial charge in [-0.15, -0.1) is 0 Å². The zero-order valence-corrected chi connectivity index (χ0v) is 10.5. The second kappa shape index (κ2) is 5.69. The van der Waals surface area contributed by atoms with Gasteiger partial charge in [0.25, 0.3) is 5.91 Å². The van der Waals surface area contributed by atoms with Crippen LogP contribution in [-0.2, 0) is 0 Å². The smallest absolute Gasteiger partial charge is 0.255 e. The summed E-state index contributed by atoms with van der Waals surface area (Å²) in [6, 6.07) is 16.1. The molecule has 19 heavy (non-hydrogen) atoms. The van der Waals surface area contributed by atoms with Crippen molar-refractivity contribution in [3.05, 3.63) is 59.7 Å². The maximum atomic E-state index is 12.1. The first-order valence-electron chi connectivity index (χ1n) is 5.82. The van der Waals surface area contributed by atoms with Crippen molar-refractivity contribution in [3.8, 4) is 6.07 Å². The number of nitrogens with zero attached hydrogens (tertiary/aromatic N) is 1. The van der Waals surface area contributed by atoms with Gasteiger partial charge in [-0.3, -0.25) is 4.79 Å². The molecule has 0 saturated carbocycles. The average molecular weight is 251 g/mol. The third kappa shape index (κ3) is 3.11. The molecule has 94 valence electrons. The Bertz CT molecular complexity index is 644. The minimum Gasteiger partial charge on any atom is -0.388 e. The minimum absolute atomic E-state index is 0.202. The van der Waals surface area contributed by atoms with E-state index in [1.54, 1.807) is 43.4 Å². The molecule has 2 N–H and O–H groups in total. The summed E-state index contributed by atoms with van der Waals surface area (Å²) in [4.78, 5) is 12.1. The summed E-state index contributed by atoms with van der Waals surface area (Å²) in [5, 5.41) is 14.6. The molecular formula is C15H13N3O. The van der Waals surface area contributed by atoms with Crippen molar-refractivity contribution in [2.75, 3.05) is 17.7 Å².